The van der Waals surface area contributed by atoms with Gasteiger partial charge in [-0.15, -0.1) is 11.6 Å². The van der Waals surface area contributed by atoms with Gasteiger partial charge >= 0.3 is 0 Å². The van der Waals surface area contributed by atoms with Gasteiger partial charge in [0, 0.05) is 11.6 Å². The van der Waals surface area contributed by atoms with Crippen LogP contribution in [0.1, 0.15) is 5.69 Å². The highest BCUT2D eigenvalue weighted by Crippen LogP contribution is 2.31. The van der Waals surface area contributed by atoms with Gasteiger partial charge in [-0.3, -0.25) is 0 Å². The van der Waals surface area contributed by atoms with Gasteiger partial charge in [0.1, 0.15) is 17.2 Å². The number of halogens is 1. The second kappa shape index (κ2) is 5.10. The number of ether oxygens (including phenoxy) is 2. The Balaban J connectivity index is 2.51. The van der Waals surface area contributed by atoms with E-state index in [1.165, 1.54) is 6.39 Å². The van der Waals surface area contributed by atoms with Crippen LogP contribution in [0.4, 0.5) is 0 Å². The molecule has 5 heteroatoms. The van der Waals surface area contributed by atoms with Crippen molar-refractivity contribution in [3.05, 3.63) is 30.3 Å². The first kappa shape index (κ1) is 11.8. The van der Waals surface area contributed by atoms with Crippen LogP contribution in [0.3, 0.4) is 0 Å². The van der Waals surface area contributed by atoms with E-state index >= 15 is 0 Å². The molecule has 90 valence electrons. The molecule has 2 rings (SSSR count). The Bertz CT molecular complexity index is 488. The largest absolute Gasteiger partial charge is 0.497 e. The van der Waals surface area contributed by atoms with Crippen LogP contribution in [0.15, 0.2) is 29.0 Å². The number of hydrogen-bond acceptors (Lipinski definition) is 4. The van der Waals surface area contributed by atoms with Crippen LogP contribution in [0.2, 0.25) is 0 Å². The first-order valence-corrected chi connectivity index (χ1v) is 5.53. The molecule has 0 aliphatic carbocycles. The van der Waals surface area contributed by atoms with Crippen LogP contribution in [0.25, 0.3) is 11.3 Å². The Morgan fingerprint density at radius 2 is 1.82 bits per heavy atom. The van der Waals surface area contributed by atoms with Gasteiger partial charge in [0.15, 0.2) is 12.2 Å². The van der Waals surface area contributed by atoms with Crippen molar-refractivity contribution in [3.63, 3.8) is 0 Å². The lowest BCUT2D eigenvalue weighted by atomic mass is 10.1. The average Bonchev–Trinajstić information content (AvgIpc) is 2.86. The van der Waals surface area contributed by atoms with Gasteiger partial charge in [-0.1, -0.05) is 0 Å². The van der Waals surface area contributed by atoms with E-state index in [-0.39, 0.29) is 0 Å². The van der Waals surface area contributed by atoms with Gasteiger partial charge < -0.3 is 13.9 Å². The van der Waals surface area contributed by atoms with E-state index < -0.39 is 0 Å². The molecule has 0 atom stereocenters. The van der Waals surface area contributed by atoms with E-state index in [0.29, 0.717) is 28.8 Å². The van der Waals surface area contributed by atoms with E-state index in [0.717, 1.165) is 5.56 Å². The Morgan fingerprint density at radius 3 is 2.35 bits per heavy atom. The standard InChI is InChI=1S/C12H12ClNO3/c1-15-9-3-8(4-10(5-9)16-2)12-11(6-13)14-7-17-12/h3-5,7H,6H2,1-2H3. The van der Waals surface area contributed by atoms with Crippen LogP contribution >= 0.6 is 11.6 Å². The second-order valence-corrected chi connectivity index (χ2v) is 3.63. The van der Waals surface area contributed by atoms with Gasteiger partial charge in [0.05, 0.1) is 20.1 Å². The Labute approximate surface area is 104 Å². The van der Waals surface area contributed by atoms with E-state index in [2.05, 4.69) is 4.98 Å². The van der Waals surface area contributed by atoms with Crippen molar-refractivity contribution in [3.8, 4) is 22.8 Å². The smallest absolute Gasteiger partial charge is 0.181 e. The molecular weight excluding hydrogens is 242 g/mol. The molecule has 0 unspecified atom stereocenters. The maximum Gasteiger partial charge on any atom is 0.181 e. The third-order valence-corrected chi connectivity index (χ3v) is 2.63. The van der Waals surface area contributed by atoms with Crippen LogP contribution < -0.4 is 9.47 Å². The molecule has 4 nitrogen and oxygen atoms in total. The van der Waals surface area contributed by atoms with Gasteiger partial charge in [0.2, 0.25) is 0 Å². The number of benzene rings is 1. The fourth-order valence-electron chi connectivity index (χ4n) is 1.54. The summed E-state index contributed by atoms with van der Waals surface area (Å²) < 4.78 is 15.7. The number of aromatic nitrogens is 1. The lowest BCUT2D eigenvalue weighted by molar-refractivity contribution is 0.394. The summed E-state index contributed by atoms with van der Waals surface area (Å²) in [5, 5.41) is 0. The number of hydrogen-bond donors (Lipinski definition) is 0. The summed E-state index contributed by atoms with van der Waals surface area (Å²) in [5.74, 6) is 2.32. The normalized spacial score (nSPS) is 10.3. The lowest BCUT2D eigenvalue weighted by Crippen LogP contribution is -1.90. The number of methoxy groups -OCH3 is 2. The number of oxazole rings is 1. The molecule has 2 aromatic rings. The van der Waals surface area contributed by atoms with E-state index in [1.807, 2.05) is 12.1 Å². The number of rotatable bonds is 4. The van der Waals surface area contributed by atoms with Crippen LogP contribution in [-0.4, -0.2) is 19.2 Å². The summed E-state index contributed by atoms with van der Waals surface area (Å²) >= 11 is 5.79. The fourth-order valence-corrected chi connectivity index (χ4v) is 1.73. The van der Waals surface area contributed by atoms with Gasteiger partial charge in [-0.2, -0.15) is 0 Å². The first-order valence-electron chi connectivity index (χ1n) is 5.00. The Morgan fingerprint density at radius 1 is 1.18 bits per heavy atom. The maximum absolute atomic E-state index is 5.79. The third-order valence-electron chi connectivity index (χ3n) is 2.38. The maximum atomic E-state index is 5.79. The van der Waals surface area contributed by atoms with Crippen molar-refractivity contribution in [1.29, 1.82) is 0 Å². The molecule has 17 heavy (non-hydrogen) atoms. The zero-order valence-electron chi connectivity index (χ0n) is 9.57. The summed E-state index contributed by atoms with van der Waals surface area (Å²) in [6.07, 6.45) is 1.37. The molecule has 0 N–H and O–H groups in total. The minimum atomic E-state index is 0.297. The molecule has 0 saturated carbocycles. The van der Waals surface area contributed by atoms with Crippen molar-refractivity contribution in [2.75, 3.05) is 14.2 Å². The highest BCUT2D eigenvalue weighted by atomic mass is 35.5. The van der Waals surface area contributed by atoms with Crippen molar-refractivity contribution in [2.45, 2.75) is 5.88 Å². The summed E-state index contributed by atoms with van der Waals surface area (Å²) in [7, 11) is 3.20. The molecule has 0 aliphatic heterocycles. The third kappa shape index (κ3) is 2.36. The minimum absolute atomic E-state index is 0.297. The predicted molar refractivity (Wildman–Crippen MR) is 64.6 cm³/mol. The molecule has 0 radical (unpaired) electrons. The molecule has 0 bridgehead atoms. The topological polar surface area (TPSA) is 44.5 Å². The second-order valence-electron chi connectivity index (χ2n) is 3.36. The molecule has 1 aromatic heterocycles. The molecule has 0 amide bonds. The van der Waals surface area contributed by atoms with Crippen LogP contribution in [0, 0.1) is 0 Å². The van der Waals surface area contributed by atoms with Crippen LogP contribution in [-0.2, 0) is 5.88 Å². The Kier molecular flexibility index (Phi) is 3.54. The van der Waals surface area contributed by atoms with Crippen molar-refractivity contribution < 1.29 is 13.9 Å². The molecule has 1 aromatic carbocycles. The average molecular weight is 254 g/mol. The van der Waals surface area contributed by atoms with Crippen molar-refractivity contribution >= 4 is 11.6 Å². The Hall–Kier alpha value is -1.68. The zero-order valence-corrected chi connectivity index (χ0v) is 10.3. The zero-order chi connectivity index (χ0) is 12.3. The van der Waals surface area contributed by atoms with Gasteiger partial charge in [-0.05, 0) is 12.1 Å². The summed E-state index contributed by atoms with van der Waals surface area (Å²) in [6.45, 7) is 0. The molecule has 1 heterocycles. The highest BCUT2D eigenvalue weighted by Gasteiger charge is 2.12. The predicted octanol–water partition coefficient (Wildman–Crippen LogP) is 3.10. The highest BCUT2D eigenvalue weighted by molar-refractivity contribution is 6.17. The summed E-state index contributed by atoms with van der Waals surface area (Å²) in [5.41, 5.74) is 1.52. The minimum Gasteiger partial charge on any atom is -0.497 e. The summed E-state index contributed by atoms with van der Waals surface area (Å²) in [6, 6.07) is 5.48. The monoisotopic (exact) mass is 253 g/mol. The SMILES string of the molecule is COc1cc(OC)cc(-c2ocnc2CCl)c1. The first-order chi connectivity index (χ1) is 8.28. The fraction of sp³-hybridized carbons (Fsp3) is 0.250. The summed E-state index contributed by atoms with van der Waals surface area (Å²) in [4.78, 5) is 4.04. The van der Waals surface area contributed by atoms with E-state index in [9.17, 15) is 0 Å². The molecule has 0 aliphatic rings. The molecule has 0 spiro atoms. The van der Waals surface area contributed by atoms with Crippen molar-refractivity contribution in [1.82, 2.24) is 4.98 Å². The quantitative estimate of drug-likeness (QED) is 0.786. The number of alkyl halides is 1. The van der Waals surface area contributed by atoms with Gasteiger partial charge in [0.25, 0.3) is 0 Å². The molecular formula is C12H12ClNO3. The molecule has 0 saturated heterocycles. The lowest BCUT2D eigenvalue weighted by Gasteiger charge is -2.07. The molecule has 0 fully saturated rings. The van der Waals surface area contributed by atoms with Crippen LogP contribution in [0.5, 0.6) is 11.5 Å². The van der Waals surface area contributed by atoms with Crippen molar-refractivity contribution in [2.24, 2.45) is 0 Å². The van der Waals surface area contributed by atoms with E-state index in [1.54, 1.807) is 20.3 Å². The van der Waals surface area contributed by atoms with Gasteiger partial charge in [-0.25, -0.2) is 4.98 Å². The van der Waals surface area contributed by atoms with E-state index in [4.69, 9.17) is 25.5 Å². The number of nitrogens with zero attached hydrogens (tertiary/aromatic N) is 1.